The van der Waals surface area contributed by atoms with E-state index in [0.29, 0.717) is 0 Å². The Hall–Kier alpha value is -5.90. The molecule has 0 unspecified atom stereocenters. The number of thiophene rings is 1. The Labute approximate surface area is 321 Å². The molecule has 2 nitrogen and oxygen atoms in total. The fourth-order valence-electron chi connectivity index (χ4n) is 9.17. The lowest BCUT2D eigenvalue weighted by Crippen LogP contribution is -2.30. The first-order valence-corrected chi connectivity index (χ1v) is 20.1. The number of nitrogens with zero attached hydrogens (tertiary/aromatic N) is 2. The largest absolute Gasteiger partial charge is 0.309 e. The van der Waals surface area contributed by atoms with Crippen LogP contribution in [0.4, 0.5) is 34.1 Å². The lowest BCUT2D eigenvalue weighted by atomic mass is 9.73. The van der Waals surface area contributed by atoms with Crippen LogP contribution in [-0.4, -0.2) is 0 Å². The molecule has 3 heteroatoms. The van der Waals surface area contributed by atoms with Gasteiger partial charge in [-0.3, -0.25) is 0 Å². The second-order valence-corrected chi connectivity index (χ2v) is 16.1. The Morgan fingerprint density at radius 1 is 0.481 bits per heavy atom. The number of rotatable bonds is 6. The molecule has 1 aliphatic heterocycles. The van der Waals surface area contributed by atoms with Gasteiger partial charge in [0.2, 0.25) is 0 Å². The van der Waals surface area contributed by atoms with E-state index in [1.54, 1.807) is 0 Å². The monoisotopic (exact) mass is 714 g/mol. The third-order valence-corrected chi connectivity index (χ3v) is 12.9. The summed E-state index contributed by atoms with van der Waals surface area (Å²) in [7, 11) is 0. The van der Waals surface area contributed by atoms with Gasteiger partial charge in [0.25, 0.3) is 0 Å². The lowest BCUT2D eigenvalue weighted by molar-refractivity contribution is 0.632. The van der Waals surface area contributed by atoms with E-state index in [4.69, 9.17) is 0 Å². The summed E-state index contributed by atoms with van der Waals surface area (Å²) < 4.78 is 2.65. The van der Waals surface area contributed by atoms with Gasteiger partial charge in [-0.05, 0) is 71.5 Å². The summed E-state index contributed by atoms with van der Waals surface area (Å²) in [5.74, 6) is 0. The average molecular weight is 715 g/mol. The molecule has 0 fully saturated rings. The van der Waals surface area contributed by atoms with Gasteiger partial charge < -0.3 is 9.80 Å². The molecular weight excluding hydrogens is 673 g/mol. The summed E-state index contributed by atoms with van der Waals surface area (Å²) >= 11 is 1.89. The molecular formula is C51H42N2S. The molecule has 0 amide bonds. The zero-order valence-corrected chi connectivity index (χ0v) is 32.0. The Morgan fingerprint density at radius 3 is 1.63 bits per heavy atom. The van der Waals surface area contributed by atoms with Gasteiger partial charge in [-0.15, -0.1) is 11.3 Å². The number of para-hydroxylation sites is 3. The molecule has 10 rings (SSSR count). The summed E-state index contributed by atoms with van der Waals surface area (Å²) in [4.78, 5) is 5.16. The Kier molecular flexibility index (Phi) is 7.64. The first-order chi connectivity index (χ1) is 26.5. The number of benzene rings is 8. The van der Waals surface area contributed by atoms with Crippen LogP contribution in [0, 0.1) is 0 Å². The van der Waals surface area contributed by atoms with E-state index >= 15 is 0 Å². The Morgan fingerprint density at radius 2 is 1.00 bits per heavy atom. The molecule has 54 heavy (non-hydrogen) atoms. The van der Waals surface area contributed by atoms with E-state index in [1.807, 2.05) is 11.3 Å². The molecule has 1 aromatic heterocycles. The van der Waals surface area contributed by atoms with Crippen molar-refractivity contribution < 1.29 is 0 Å². The van der Waals surface area contributed by atoms with Gasteiger partial charge in [-0.25, -0.2) is 0 Å². The predicted octanol–water partition coefficient (Wildman–Crippen LogP) is 15.1. The zero-order valence-electron chi connectivity index (χ0n) is 31.2. The average Bonchev–Trinajstić information content (AvgIpc) is 3.59. The maximum Gasteiger partial charge on any atom is 0.0620 e. The van der Waals surface area contributed by atoms with Crippen LogP contribution in [0.5, 0.6) is 0 Å². The molecule has 0 atom stereocenters. The van der Waals surface area contributed by atoms with Crippen molar-refractivity contribution in [2.24, 2.45) is 0 Å². The normalized spacial score (nSPS) is 13.4. The molecule has 9 aromatic rings. The number of hydrogen-bond donors (Lipinski definition) is 0. The van der Waals surface area contributed by atoms with Gasteiger partial charge in [0.15, 0.2) is 0 Å². The van der Waals surface area contributed by atoms with E-state index in [0.717, 1.165) is 12.8 Å². The zero-order chi connectivity index (χ0) is 36.6. The van der Waals surface area contributed by atoms with Crippen LogP contribution < -0.4 is 9.80 Å². The molecule has 0 aliphatic carbocycles. The molecule has 262 valence electrons. The molecule has 2 heterocycles. The molecule has 0 saturated heterocycles. The highest BCUT2D eigenvalue weighted by Crippen LogP contribution is 2.57. The van der Waals surface area contributed by atoms with Gasteiger partial charge in [-0.1, -0.05) is 149 Å². The molecule has 0 N–H and O–H groups in total. The highest BCUT2D eigenvalue weighted by molar-refractivity contribution is 7.25. The molecule has 0 saturated carbocycles. The van der Waals surface area contributed by atoms with Crippen molar-refractivity contribution in [3.05, 3.63) is 180 Å². The van der Waals surface area contributed by atoms with E-state index < -0.39 is 0 Å². The van der Waals surface area contributed by atoms with Crippen molar-refractivity contribution >= 4 is 87.2 Å². The first-order valence-electron chi connectivity index (χ1n) is 19.2. The number of fused-ring (bicyclic) bond motifs is 7. The number of hydrogen-bond acceptors (Lipinski definition) is 3. The van der Waals surface area contributed by atoms with Gasteiger partial charge in [-0.2, -0.15) is 0 Å². The fourth-order valence-corrected chi connectivity index (χ4v) is 10.3. The quantitative estimate of drug-likeness (QED) is 0.158. The van der Waals surface area contributed by atoms with Crippen molar-refractivity contribution in [1.29, 1.82) is 0 Å². The summed E-state index contributed by atoms with van der Waals surface area (Å²) in [5, 5.41) is 7.61. The molecule has 8 aromatic carbocycles. The lowest BCUT2D eigenvalue weighted by Gasteiger charge is -2.43. The summed E-state index contributed by atoms with van der Waals surface area (Å²) in [5.41, 5.74) is 12.6. The first kappa shape index (κ1) is 32.7. The fraction of sp³-hybridized carbons (Fsp3) is 0.137. The third kappa shape index (κ3) is 4.78. The topological polar surface area (TPSA) is 6.48 Å². The van der Waals surface area contributed by atoms with Crippen LogP contribution in [0.2, 0.25) is 0 Å². The molecule has 0 spiro atoms. The van der Waals surface area contributed by atoms with Crippen molar-refractivity contribution in [2.75, 3.05) is 9.80 Å². The van der Waals surface area contributed by atoms with Crippen molar-refractivity contribution in [3.8, 4) is 0 Å². The SMILES string of the molecule is CCc1ccccc1N(c1cc2sc3ccccc3c2cc1CC)c1c2ccccc2c(N2c3ccccc3C(C)(C)c3ccccc32)c2ccccc12. The van der Waals surface area contributed by atoms with Gasteiger partial charge in [0.1, 0.15) is 0 Å². The Bertz CT molecular complexity index is 2810. The van der Waals surface area contributed by atoms with Gasteiger partial charge in [0.05, 0.1) is 28.4 Å². The summed E-state index contributed by atoms with van der Waals surface area (Å²) in [6.07, 6.45) is 1.86. The van der Waals surface area contributed by atoms with Crippen LogP contribution in [0.3, 0.4) is 0 Å². The smallest absolute Gasteiger partial charge is 0.0620 e. The van der Waals surface area contributed by atoms with E-state index in [9.17, 15) is 0 Å². The van der Waals surface area contributed by atoms with Crippen LogP contribution in [0.1, 0.15) is 49.9 Å². The highest BCUT2D eigenvalue weighted by atomic mass is 32.1. The van der Waals surface area contributed by atoms with E-state index in [-0.39, 0.29) is 5.41 Å². The molecule has 0 bridgehead atoms. The second kappa shape index (κ2) is 12.6. The number of anilines is 6. The van der Waals surface area contributed by atoms with E-state index in [1.165, 1.54) is 98.1 Å². The van der Waals surface area contributed by atoms with Crippen LogP contribution in [0.15, 0.2) is 158 Å². The maximum absolute atomic E-state index is 2.61. The van der Waals surface area contributed by atoms with Gasteiger partial charge >= 0.3 is 0 Å². The van der Waals surface area contributed by atoms with Crippen LogP contribution in [0.25, 0.3) is 41.7 Å². The summed E-state index contributed by atoms with van der Waals surface area (Å²) in [6, 6.07) is 59.0. The van der Waals surface area contributed by atoms with Gasteiger partial charge in [0, 0.05) is 52.8 Å². The molecule has 0 radical (unpaired) electrons. The van der Waals surface area contributed by atoms with E-state index in [2.05, 4.69) is 195 Å². The summed E-state index contributed by atoms with van der Waals surface area (Å²) in [6.45, 7) is 9.31. The maximum atomic E-state index is 2.61. The minimum absolute atomic E-state index is 0.141. The second-order valence-electron chi connectivity index (χ2n) is 15.0. The minimum atomic E-state index is -0.141. The van der Waals surface area contributed by atoms with Crippen molar-refractivity contribution in [1.82, 2.24) is 0 Å². The predicted molar refractivity (Wildman–Crippen MR) is 235 cm³/mol. The van der Waals surface area contributed by atoms with Crippen LogP contribution >= 0.6 is 11.3 Å². The minimum Gasteiger partial charge on any atom is -0.309 e. The standard InChI is InChI=1S/C51H42N2S/c1-5-33-19-7-15-27-43(33)52(46-32-48-40(31-34(46)6-2)35-20-12-18-30-47(35)54-48)49-36-21-8-10-23-38(36)50(39-24-11-9-22-37(39)49)53-44-28-16-13-25-41(44)51(3,4)42-26-14-17-29-45(42)53/h7-32H,5-6H2,1-4H3. The third-order valence-electron chi connectivity index (χ3n) is 11.8. The molecule has 1 aliphatic rings. The highest BCUT2D eigenvalue weighted by Gasteiger charge is 2.38. The van der Waals surface area contributed by atoms with Crippen molar-refractivity contribution in [3.63, 3.8) is 0 Å². The number of aryl methyl sites for hydroxylation is 2. The van der Waals surface area contributed by atoms with Crippen molar-refractivity contribution in [2.45, 2.75) is 46.0 Å². The van der Waals surface area contributed by atoms with Crippen LogP contribution in [-0.2, 0) is 18.3 Å². The Balaban J connectivity index is 1.34.